The van der Waals surface area contributed by atoms with E-state index in [1.807, 2.05) is 6.07 Å². The van der Waals surface area contributed by atoms with Crippen LogP contribution in [-0.4, -0.2) is 37.9 Å². The van der Waals surface area contributed by atoms with Crippen molar-refractivity contribution in [1.82, 2.24) is 0 Å². The van der Waals surface area contributed by atoms with E-state index in [2.05, 4.69) is 0 Å². The number of rotatable bonds is 6. The molecule has 0 aliphatic carbocycles. The van der Waals surface area contributed by atoms with Gasteiger partial charge in [-0.25, -0.2) is 0 Å². The summed E-state index contributed by atoms with van der Waals surface area (Å²) >= 11 is 0. The highest BCUT2D eigenvalue weighted by atomic mass is 16.7. The Kier molecular flexibility index (Phi) is 5.64. The van der Waals surface area contributed by atoms with Crippen LogP contribution in [0.2, 0.25) is 0 Å². The topological polar surface area (TPSA) is 85.6 Å². The molecule has 1 heterocycles. The largest absolute Gasteiger partial charge is 0.466 e. The van der Waals surface area contributed by atoms with Gasteiger partial charge < -0.3 is 14.2 Å². The van der Waals surface area contributed by atoms with Crippen LogP contribution in [0.1, 0.15) is 34.8 Å². The molecule has 22 heavy (non-hydrogen) atoms. The second-order valence-corrected chi connectivity index (χ2v) is 4.76. The summed E-state index contributed by atoms with van der Waals surface area (Å²) in [4.78, 5) is 23.7. The molecule has 1 aromatic carbocycles. The summed E-state index contributed by atoms with van der Waals surface area (Å²) in [5, 5.41) is 9.00. The molecule has 0 N–H and O–H groups in total. The fraction of sp³-hybridized carbons (Fsp3) is 0.438. The van der Waals surface area contributed by atoms with Gasteiger partial charge in [0.1, 0.15) is 6.42 Å². The van der Waals surface area contributed by atoms with Gasteiger partial charge >= 0.3 is 5.97 Å². The molecular weight excluding hydrogens is 286 g/mol. The standard InChI is InChI=1S/C16H17NO5/c1-2-20-15(19)9-14(18)13-4-3-11(10-17)7-12(13)8-16-21-5-6-22-16/h3-4,7,16H,2,5-6,8-9H2,1H3. The summed E-state index contributed by atoms with van der Waals surface area (Å²) in [5.74, 6) is -0.896. The monoisotopic (exact) mass is 303 g/mol. The highest BCUT2D eigenvalue weighted by Crippen LogP contribution is 2.19. The Balaban J connectivity index is 2.19. The van der Waals surface area contributed by atoms with Crippen molar-refractivity contribution in [3.63, 3.8) is 0 Å². The van der Waals surface area contributed by atoms with Crippen LogP contribution in [0.15, 0.2) is 18.2 Å². The lowest BCUT2D eigenvalue weighted by Gasteiger charge is -2.13. The van der Waals surface area contributed by atoms with Crippen LogP contribution in [-0.2, 0) is 25.4 Å². The summed E-state index contributed by atoms with van der Waals surface area (Å²) in [6, 6.07) is 6.78. The van der Waals surface area contributed by atoms with E-state index in [4.69, 9.17) is 19.5 Å². The Hall–Kier alpha value is -2.23. The van der Waals surface area contributed by atoms with Gasteiger partial charge in [-0.1, -0.05) is 0 Å². The van der Waals surface area contributed by atoms with Gasteiger partial charge in [0, 0.05) is 12.0 Å². The first-order valence-corrected chi connectivity index (χ1v) is 7.09. The van der Waals surface area contributed by atoms with Gasteiger partial charge in [-0.3, -0.25) is 9.59 Å². The van der Waals surface area contributed by atoms with E-state index in [1.54, 1.807) is 25.1 Å². The summed E-state index contributed by atoms with van der Waals surface area (Å²) in [5.41, 5.74) is 1.48. The predicted molar refractivity (Wildman–Crippen MR) is 76.1 cm³/mol. The van der Waals surface area contributed by atoms with Gasteiger partial charge in [0.25, 0.3) is 0 Å². The third kappa shape index (κ3) is 4.13. The van der Waals surface area contributed by atoms with Gasteiger partial charge in [-0.15, -0.1) is 0 Å². The Labute approximate surface area is 128 Å². The second kappa shape index (κ2) is 7.69. The van der Waals surface area contributed by atoms with E-state index in [1.165, 1.54) is 0 Å². The minimum atomic E-state index is -0.559. The zero-order valence-electron chi connectivity index (χ0n) is 12.3. The van der Waals surface area contributed by atoms with Gasteiger partial charge in [0.05, 0.1) is 31.5 Å². The first kappa shape index (κ1) is 16.1. The van der Waals surface area contributed by atoms with Crippen molar-refractivity contribution in [2.75, 3.05) is 19.8 Å². The number of carbonyl (C=O) groups excluding carboxylic acids is 2. The molecule has 0 atom stereocenters. The summed E-state index contributed by atoms with van der Waals surface area (Å²) < 4.78 is 15.5. The minimum Gasteiger partial charge on any atom is -0.466 e. The lowest BCUT2D eigenvalue weighted by atomic mass is 9.97. The molecule has 0 saturated carbocycles. The lowest BCUT2D eigenvalue weighted by Crippen LogP contribution is -2.17. The molecule has 116 valence electrons. The maximum absolute atomic E-state index is 12.3. The maximum Gasteiger partial charge on any atom is 0.313 e. The van der Waals surface area contributed by atoms with E-state index in [0.29, 0.717) is 36.3 Å². The van der Waals surface area contributed by atoms with Crippen molar-refractivity contribution in [2.24, 2.45) is 0 Å². The number of hydrogen-bond donors (Lipinski definition) is 0. The zero-order chi connectivity index (χ0) is 15.9. The van der Waals surface area contributed by atoms with Crippen LogP contribution in [0.5, 0.6) is 0 Å². The van der Waals surface area contributed by atoms with Crippen LogP contribution in [0, 0.1) is 11.3 Å². The molecule has 1 aromatic rings. The molecule has 0 unspecified atom stereocenters. The smallest absolute Gasteiger partial charge is 0.313 e. The normalized spacial score (nSPS) is 14.5. The fourth-order valence-electron chi connectivity index (χ4n) is 2.25. The third-order valence-corrected chi connectivity index (χ3v) is 3.22. The number of Topliss-reactive ketones (excluding diaryl/α,β-unsaturated/α-hetero) is 1. The molecule has 6 heteroatoms. The summed E-state index contributed by atoms with van der Waals surface area (Å²) in [6.07, 6.45) is -0.387. The van der Waals surface area contributed by atoms with E-state index in [0.717, 1.165) is 0 Å². The van der Waals surface area contributed by atoms with Gasteiger partial charge in [0.2, 0.25) is 0 Å². The number of ether oxygens (including phenoxy) is 3. The molecule has 1 aliphatic heterocycles. The van der Waals surface area contributed by atoms with Crippen molar-refractivity contribution < 1.29 is 23.8 Å². The van der Waals surface area contributed by atoms with Crippen LogP contribution in [0.4, 0.5) is 0 Å². The number of esters is 1. The van der Waals surface area contributed by atoms with Gasteiger partial charge in [-0.05, 0) is 30.7 Å². The van der Waals surface area contributed by atoms with Crippen LogP contribution >= 0.6 is 0 Å². The number of nitriles is 1. The van der Waals surface area contributed by atoms with Crippen molar-refractivity contribution in [3.8, 4) is 6.07 Å². The Bertz CT molecular complexity index is 599. The molecule has 0 amide bonds. The minimum absolute atomic E-state index is 0.232. The molecule has 0 radical (unpaired) electrons. The number of ketones is 1. The molecular formula is C16H17NO5. The van der Waals surface area contributed by atoms with Crippen LogP contribution < -0.4 is 0 Å². The first-order valence-electron chi connectivity index (χ1n) is 7.09. The van der Waals surface area contributed by atoms with E-state index in [9.17, 15) is 9.59 Å². The van der Waals surface area contributed by atoms with Gasteiger partial charge in [0.15, 0.2) is 12.1 Å². The SMILES string of the molecule is CCOC(=O)CC(=O)c1ccc(C#N)cc1CC1OCCO1. The van der Waals surface area contributed by atoms with E-state index < -0.39 is 12.3 Å². The Morgan fingerprint density at radius 1 is 1.36 bits per heavy atom. The van der Waals surface area contributed by atoms with E-state index >= 15 is 0 Å². The van der Waals surface area contributed by atoms with Crippen molar-refractivity contribution >= 4 is 11.8 Å². The molecule has 0 aromatic heterocycles. The molecule has 6 nitrogen and oxygen atoms in total. The second-order valence-electron chi connectivity index (χ2n) is 4.76. The van der Waals surface area contributed by atoms with Gasteiger partial charge in [-0.2, -0.15) is 5.26 Å². The number of hydrogen-bond acceptors (Lipinski definition) is 6. The molecule has 1 saturated heterocycles. The number of nitrogens with zero attached hydrogens (tertiary/aromatic N) is 1. The fourth-order valence-corrected chi connectivity index (χ4v) is 2.25. The summed E-state index contributed by atoms with van der Waals surface area (Å²) in [7, 11) is 0. The molecule has 2 rings (SSSR count). The predicted octanol–water partition coefficient (Wildman–Crippen LogP) is 1.61. The van der Waals surface area contributed by atoms with Crippen molar-refractivity contribution in [1.29, 1.82) is 5.26 Å². The Morgan fingerprint density at radius 2 is 2.09 bits per heavy atom. The average Bonchev–Trinajstić information content (AvgIpc) is 3.00. The van der Waals surface area contributed by atoms with Crippen LogP contribution in [0.25, 0.3) is 0 Å². The maximum atomic E-state index is 12.3. The molecule has 1 fully saturated rings. The molecule has 0 spiro atoms. The van der Waals surface area contributed by atoms with E-state index in [-0.39, 0.29) is 18.8 Å². The first-order chi connectivity index (χ1) is 10.6. The highest BCUT2D eigenvalue weighted by Gasteiger charge is 2.22. The van der Waals surface area contributed by atoms with Crippen molar-refractivity contribution in [3.05, 3.63) is 34.9 Å². The lowest BCUT2D eigenvalue weighted by molar-refractivity contribution is -0.141. The number of benzene rings is 1. The number of carbonyl (C=O) groups is 2. The Morgan fingerprint density at radius 3 is 2.73 bits per heavy atom. The third-order valence-electron chi connectivity index (χ3n) is 3.22. The van der Waals surface area contributed by atoms with Crippen LogP contribution in [0.3, 0.4) is 0 Å². The molecule has 1 aliphatic rings. The average molecular weight is 303 g/mol. The molecule has 0 bridgehead atoms. The quantitative estimate of drug-likeness (QED) is 0.451. The highest BCUT2D eigenvalue weighted by molar-refractivity contribution is 6.06. The zero-order valence-corrected chi connectivity index (χ0v) is 12.3. The summed E-state index contributed by atoms with van der Waals surface area (Å²) in [6.45, 7) is 2.93. The van der Waals surface area contributed by atoms with Crippen molar-refractivity contribution in [2.45, 2.75) is 26.1 Å².